The molecule has 4 nitrogen and oxygen atoms in total. The molecule has 0 saturated heterocycles. The van der Waals surface area contributed by atoms with Crippen LogP contribution in [0.2, 0.25) is 4.34 Å². The average molecular weight is 308 g/mol. The summed E-state index contributed by atoms with van der Waals surface area (Å²) in [6.45, 7) is 3.25. The van der Waals surface area contributed by atoms with Crippen molar-refractivity contribution in [3.63, 3.8) is 0 Å². The topological polar surface area (TPSA) is 45.2 Å². The molecule has 0 radical (unpaired) electrons. The number of anilines is 1. The van der Waals surface area contributed by atoms with E-state index in [9.17, 15) is 4.79 Å². The molecule has 0 saturated carbocycles. The first-order chi connectivity index (χ1) is 9.63. The number of benzene rings is 1. The summed E-state index contributed by atoms with van der Waals surface area (Å²) < 4.78 is 0.673. The molecule has 0 bridgehead atoms. The summed E-state index contributed by atoms with van der Waals surface area (Å²) >= 11 is 7.37. The maximum absolute atomic E-state index is 12.2. The van der Waals surface area contributed by atoms with Crippen LogP contribution >= 0.6 is 22.9 Å². The van der Waals surface area contributed by atoms with Gasteiger partial charge in [0.2, 0.25) is 5.91 Å². The first kappa shape index (κ1) is 13.5. The van der Waals surface area contributed by atoms with Crippen LogP contribution in [0.25, 0.3) is 0 Å². The van der Waals surface area contributed by atoms with E-state index in [1.165, 1.54) is 11.3 Å². The van der Waals surface area contributed by atoms with Gasteiger partial charge in [-0.25, -0.2) is 4.98 Å². The molecule has 0 aliphatic carbocycles. The standard InChI is InChI=1S/C14H14ClN3OS/c1-9-14(19)17-11-5-3-2-4-10(11)7-18(9)8-13-16-6-12(15)20-13/h2-6,9H,7-8H2,1H3,(H,17,19). The van der Waals surface area contributed by atoms with Gasteiger partial charge in [0.15, 0.2) is 0 Å². The van der Waals surface area contributed by atoms with Gasteiger partial charge in [0, 0.05) is 12.2 Å². The Bertz CT molecular complexity index is 643. The number of amides is 1. The van der Waals surface area contributed by atoms with E-state index >= 15 is 0 Å². The number of halogens is 1. The number of nitrogens with zero attached hydrogens (tertiary/aromatic N) is 2. The van der Waals surface area contributed by atoms with E-state index in [1.807, 2.05) is 31.2 Å². The molecule has 1 N–H and O–H groups in total. The van der Waals surface area contributed by atoms with Gasteiger partial charge < -0.3 is 5.32 Å². The van der Waals surface area contributed by atoms with Gasteiger partial charge in [0.1, 0.15) is 9.34 Å². The summed E-state index contributed by atoms with van der Waals surface area (Å²) in [4.78, 5) is 18.6. The van der Waals surface area contributed by atoms with Crippen LogP contribution < -0.4 is 5.32 Å². The number of hydrogen-bond acceptors (Lipinski definition) is 4. The van der Waals surface area contributed by atoms with Crippen molar-refractivity contribution < 1.29 is 4.79 Å². The van der Waals surface area contributed by atoms with Crippen molar-refractivity contribution in [2.75, 3.05) is 5.32 Å². The first-order valence-corrected chi connectivity index (χ1v) is 7.56. The van der Waals surface area contributed by atoms with E-state index in [1.54, 1.807) is 6.20 Å². The summed E-state index contributed by atoms with van der Waals surface area (Å²) in [7, 11) is 0. The number of carbonyl (C=O) groups is 1. The zero-order valence-electron chi connectivity index (χ0n) is 11.0. The zero-order chi connectivity index (χ0) is 14.1. The van der Waals surface area contributed by atoms with Crippen LogP contribution in [0.1, 0.15) is 17.5 Å². The van der Waals surface area contributed by atoms with Gasteiger partial charge >= 0.3 is 0 Å². The van der Waals surface area contributed by atoms with Gasteiger partial charge in [-0.2, -0.15) is 0 Å². The number of fused-ring (bicyclic) bond motifs is 1. The van der Waals surface area contributed by atoms with Gasteiger partial charge in [-0.15, -0.1) is 11.3 Å². The van der Waals surface area contributed by atoms with Crippen LogP contribution in [0, 0.1) is 0 Å². The minimum atomic E-state index is -0.204. The highest BCUT2D eigenvalue weighted by Gasteiger charge is 2.27. The molecular weight excluding hydrogens is 294 g/mol. The number of hydrogen-bond donors (Lipinski definition) is 1. The Hall–Kier alpha value is -1.43. The second kappa shape index (κ2) is 5.52. The molecule has 1 aromatic carbocycles. The van der Waals surface area contributed by atoms with Crippen LogP contribution in [0.4, 0.5) is 5.69 Å². The predicted molar refractivity (Wildman–Crippen MR) is 80.9 cm³/mol. The van der Waals surface area contributed by atoms with E-state index in [0.29, 0.717) is 17.4 Å². The van der Waals surface area contributed by atoms with Crippen LogP contribution in [0.5, 0.6) is 0 Å². The molecule has 2 aromatic rings. The fourth-order valence-corrected chi connectivity index (χ4v) is 3.25. The van der Waals surface area contributed by atoms with Crippen LogP contribution in [-0.4, -0.2) is 21.8 Å². The van der Waals surface area contributed by atoms with Gasteiger partial charge in [0.25, 0.3) is 0 Å². The normalized spacial score (nSPS) is 19.3. The molecule has 2 heterocycles. The van der Waals surface area contributed by atoms with Crippen LogP contribution in [0.3, 0.4) is 0 Å². The molecule has 6 heteroatoms. The van der Waals surface area contributed by atoms with Crippen molar-refractivity contribution in [1.82, 2.24) is 9.88 Å². The Morgan fingerprint density at radius 2 is 2.30 bits per heavy atom. The Labute approximate surface area is 126 Å². The van der Waals surface area contributed by atoms with Crippen molar-refractivity contribution in [1.29, 1.82) is 0 Å². The maximum Gasteiger partial charge on any atom is 0.241 e. The molecule has 20 heavy (non-hydrogen) atoms. The lowest BCUT2D eigenvalue weighted by Crippen LogP contribution is -2.38. The van der Waals surface area contributed by atoms with Crippen LogP contribution in [-0.2, 0) is 17.9 Å². The molecule has 1 aromatic heterocycles. The molecule has 0 fully saturated rings. The molecule has 1 aliphatic heterocycles. The summed E-state index contributed by atoms with van der Waals surface area (Å²) in [6.07, 6.45) is 1.65. The number of carbonyl (C=O) groups excluding carboxylic acids is 1. The molecule has 3 rings (SSSR count). The Balaban J connectivity index is 1.88. The lowest BCUT2D eigenvalue weighted by atomic mass is 10.1. The summed E-state index contributed by atoms with van der Waals surface area (Å²) in [5, 5.41) is 3.89. The lowest BCUT2D eigenvalue weighted by molar-refractivity contribution is -0.120. The summed E-state index contributed by atoms with van der Waals surface area (Å²) in [6, 6.07) is 7.68. The third-order valence-electron chi connectivity index (χ3n) is 3.44. The van der Waals surface area contributed by atoms with Crippen molar-refractivity contribution >= 4 is 34.5 Å². The number of nitrogens with one attached hydrogen (secondary N) is 1. The van der Waals surface area contributed by atoms with E-state index in [-0.39, 0.29) is 11.9 Å². The second-order valence-electron chi connectivity index (χ2n) is 4.79. The van der Waals surface area contributed by atoms with Gasteiger partial charge in [-0.1, -0.05) is 29.8 Å². The summed E-state index contributed by atoms with van der Waals surface area (Å²) in [5.74, 6) is 0.0117. The predicted octanol–water partition coefficient (Wildman–Crippen LogP) is 3.14. The van der Waals surface area contributed by atoms with Gasteiger partial charge in [-0.05, 0) is 18.6 Å². The summed E-state index contributed by atoms with van der Waals surface area (Å²) in [5.41, 5.74) is 2.01. The fourth-order valence-electron chi connectivity index (χ4n) is 2.27. The number of thiazole rings is 1. The second-order valence-corrected chi connectivity index (χ2v) is 6.53. The average Bonchev–Trinajstić information content (AvgIpc) is 2.79. The maximum atomic E-state index is 12.2. The highest BCUT2D eigenvalue weighted by molar-refractivity contribution is 7.15. The van der Waals surface area contributed by atoms with Crippen molar-refractivity contribution in [2.24, 2.45) is 0 Å². The first-order valence-electron chi connectivity index (χ1n) is 6.36. The van der Waals surface area contributed by atoms with E-state index in [2.05, 4.69) is 15.2 Å². The van der Waals surface area contributed by atoms with Crippen molar-refractivity contribution in [3.8, 4) is 0 Å². The van der Waals surface area contributed by atoms with E-state index in [4.69, 9.17) is 11.6 Å². The number of rotatable bonds is 2. The fraction of sp³-hybridized carbons (Fsp3) is 0.286. The zero-order valence-corrected chi connectivity index (χ0v) is 12.5. The smallest absolute Gasteiger partial charge is 0.241 e. The Morgan fingerprint density at radius 1 is 1.50 bits per heavy atom. The number of aromatic nitrogens is 1. The van der Waals surface area contributed by atoms with E-state index < -0.39 is 0 Å². The highest BCUT2D eigenvalue weighted by atomic mass is 35.5. The molecule has 1 atom stereocenters. The van der Waals surface area contributed by atoms with E-state index in [0.717, 1.165) is 16.3 Å². The van der Waals surface area contributed by atoms with Gasteiger partial charge in [0.05, 0.1) is 18.8 Å². The quantitative estimate of drug-likeness (QED) is 0.927. The molecule has 1 unspecified atom stereocenters. The largest absolute Gasteiger partial charge is 0.324 e. The lowest BCUT2D eigenvalue weighted by Gasteiger charge is -2.24. The highest BCUT2D eigenvalue weighted by Crippen LogP contribution is 2.26. The SMILES string of the molecule is CC1C(=O)Nc2ccccc2CN1Cc1ncc(Cl)s1. The minimum Gasteiger partial charge on any atom is -0.324 e. The number of para-hydroxylation sites is 1. The monoisotopic (exact) mass is 307 g/mol. The molecular formula is C14H14ClN3OS. The molecule has 1 aliphatic rings. The Morgan fingerprint density at radius 3 is 3.05 bits per heavy atom. The Kier molecular flexibility index (Phi) is 3.74. The molecule has 1 amide bonds. The van der Waals surface area contributed by atoms with Crippen LogP contribution in [0.15, 0.2) is 30.5 Å². The third kappa shape index (κ3) is 2.70. The van der Waals surface area contributed by atoms with Crippen molar-refractivity contribution in [3.05, 3.63) is 45.4 Å². The molecule has 0 spiro atoms. The minimum absolute atomic E-state index is 0.0117. The van der Waals surface area contributed by atoms with Crippen molar-refractivity contribution in [2.45, 2.75) is 26.1 Å². The van der Waals surface area contributed by atoms with Gasteiger partial charge in [-0.3, -0.25) is 9.69 Å². The molecule has 104 valence electrons. The third-order valence-corrected chi connectivity index (χ3v) is 4.54.